The SMILES string of the molecule is CCSCCn1ccc2c(C=O)cccc21. The molecule has 0 aliphatic carbocycles. The van der Waals surface area contributed by atoms with Crippen LogP contribution in [0.4, 0.5) is 0 Å². The van der Waals surface area contributed by atoms with Crippen LogP contribution >= 0.6 is 11.8 Å². The molecule has 84 valence electrons. The molecule has 0 atom stereocenters. The Balaban J connectivity index is 2.30. The number of aryl methyl sites for hydroxylation is 1. The van der Waals surface area contributed by atoms with Crippen LogP contribution < -0.4 is 0 Å². The Morgan fingerprint density at radius 2 is 2.25 bits per heavy atom. The van der Waals surface area contributed by atoms with Crippen molar-refractivity contribution in [1.29, 1.82) is 0 Å². The van der Waals surface area contributed by atoms with E-state index in [4.69, 9.17) is 0 Å². The van der Waals surface area contributed by atoms with Crippen molar-refractivity contribution in [2.45, 2.75) is 13.5 Å². The molecule has 1 aromatic heterocycles. The Hall–Kier alpha value is -1.22. The van der Waals surface area contributed by atoms with Crippen LogP contribution in [-0.4, -0.2) is 22.4 Å². The first-order chi connectivity index (χ1) is 7.86. The van der Waals surface area contributed by atoms with Gasteiger partial charge in [-0.3, -0.25) is 4.79 Å². The zero-order valence-corrected chi connectivity index (χ0v) is 10.2. The molecule has 0 saturated heterocycles. The maximum Gasteiger partial charge on any atom is 0.150 e. The molecule has 0 radical (unpaired) electrons. The van der Waals surface area contributed by atoms with Crippen molar-refractivity contribution in [1.82, 2.24) is 4.57 Å². The fourth-order valence-corrected chi connectivity index (χ4v) is 2.47. The molecule has 3 heteroatoms. The van der Waals surface area contributed by atoms with Crippen LogP contribution in [0, 0.1) is 0 Å². The number of nitrogens with zero attached hydrogens (tertiary/aromatic N) is 1. The zero-order valence-electron chi connectivity index (χ0n) is 9.35. The van der Waals surface area contributed by atoms with Gasteiger partial charge < -0.3 is 4.57 Å². The summed E-state index contributed by atoms with van der Waals surface area (Å²) in [5, 5.41) is 1.05. The smallest absolute Gasteiger partial charge is 0.150 e. The van der Waals surface area contributed by atoms with E-state index in [0.717, 1.165) is 40.8 Å². The molecular formula is C13H15NOS. The maximum atomic E-state index is 10.9. The first-order valence-electron chi connectivity index (χ1n) is 5.47. The van der Waals surface area contributed by atoms with Crippen LogP contribution in [0.25, 0.3) is 10.9 Å². The van der Waals surface area contributed by atoms with Crippen molar-refractivity contribution in [2.24, 2.45) is 0 Å². The summed E-state index contributed by atoms with van der Waals surface area (Å²) in [7, 11) is 0. The van der Waals surface area contributed by atoms with Crippen LogP contribution in [0.3, 0.4) is 0 Å². The van der Waals surface area contributed by atoms with E-state index in [-0.39, 0.29) is 0 Å². The molecule has 0 bridgehead atoms. The van der Waals surface area contributed by atoms with E-state index >= 15 is 0 Å². The molecule has 0 aliphatic heterocycles. The molecular weight excluding hydrogens is 218 g/mol. The van der Waals surface area contributed by atoms with Gasteiger partial charge in [-0.05, 0) is 17.9 Å². The minimum atomic E-state index is 0.777. The van der Waals surface area contributed by atoms with Crippen molar-refractivity contribution < 1.29 is 4.79 Å². The van der Waals surface area contributed by atoms with E-state index in [2.05, 4.69) is 23.8 Å². The number of carbonyl (C=O) groups is 1. The lowest BCUT2D eigenvalue weighted by Gasteiger charge is -2.04. The lowest BCUT2D eigenvalue weighted by atomic mass is 10.1. The van der Waals surface area contributed by atoms with Crippen LogP contribution in [0.15, 0.2) is 30.5 Å². The summed E-state index contributed by atoms with van der Waals surface area (Å²) >= 11 is 1.93. The second-order valence-corrected chi connectivity index (χ2v) is 5.00. The molecule has 0 unspecified atom stereocenters. The quantitative estimate of drug-likeness (QED) is 0.584. The first-order valence-corrected chi connectivity index (χ1v) is 6.63. The normalized spacial score (nSPS) is 10.8. The van der Waals surface area contributed by atoms with E-state index in [1.54, 1.807) is 0 Å². The van der Waals surface area contributed by atoms with E-state index in [9.17, 15) is 4.79 Å². The zero-order chi connectivity index (χ0) is 11.4. The van der Waals surface area contributed by atoms with Gasteiger partial charge in [0, 0.05) is 35.0 Å². The number of aldehydes is 1. The number of hydrogen-bond donors (Lipinski definition) is 0. The molecule has 0 spiro atoms. The van der Waals surface area contributed by atoms with Gasteiger partial charge >= 0.3 is 0 Å². The summed E-state index contributed by atoms with van der Waals surface area (Å²) in [6, 6.07) is 7.89. The second-order valence-electron chi connectivity index (χ2n) is 3.60. The van der Waals surface area contributed by atoms with Gasteiger partial charge in [0.2, 0.25) is 0 Å². The van der Waals surface area contributed by atoms with Crippen molar-refractivity contribution >= 4 is 29.0 Å². The van der Waals surface area contributed by atoms with Crippen LogP contribution in [0.1, 0.15) is 17.3 Å². The third-order valence-corrected chi connectivity index (χ3v) is 3.53. The monoisotopic (exact) mass is 233 g/mol. The summed E-state index contributed by atoms with van der Waals surface area (Å²) in [6.07, 6.45) is 2.99. The van der Waals surface area contributed by atoms with Crippen molar-refractivity contribution in [3.8, 4) is 0 Å². The molecule has 0 fully saturated rings. The number of rotatable bonds is 5. The Labute approximate surface area is 99.6 Å². The fourth-order valence-electron chi connectivity index (χ4n) is 1.85. The molecule has 16 heavy (non-hydrogen) atoms. The molecule has 2 nitrogen and oxygen atoms in total. The number of hydrogen-bond acceptors (Lipinski definition) is 2. The van der Waals surface area contributed by atoms with Crippen molar-refractivity contribution in [3.05, 3.63) is 36.0 Å². The number of benzene rings is 1. The second kappa shape index (κ2) is 5.21. The standard InChI is InChI=1S/C13H15NOS/c1-2-16-9-8-14-7-6-12-11(10-15)4-3-5-13(12)14/h3-7,10H,2,8-9H2,1H3. The van der Waals surface area contributed by atoms with E-state index < -0.39 is 0 Å². The highest BCUT2D eigenvalue weighted by atomic mass is 32.2. The fraction of sp³-hybridized carbons (Fsp3) is 0.308. The Morgan fingerprint density at radius 1 is 1.38 bits per heavy atom. The molecule has 1 aromatic carbocycles. The average Bonchev–Trinajstić information content (AvgIpc) is 2.73. The highest BCUT2D eigenvalue weighted by Gasteiger charge is 2.04. The van der Waals surface area contributed by atoms with Crippen LogP contribution in [-0.2, 0) is 6.54 Å². The van der Waals surface area contributed by atoms with Gasteiger partial charge in [-0.25, -0.2) is 0 Å². The predicted molar refractivity (Wildman–Crippen MR) is 70.3 cm³/mol. The minimum absolute atomic E-state index is 0.777. The number of fused-ring (bicyclic) bond motifs is 1. The molecule has 2 rings (SSSR count). The Bertz CT molecular complexity index is 490. The van der Waals surface area contributed by atoms with Gasteiger partial charge in [0.05, 0.1) is 0 Å². The van der Waals surface area contributed by atoms with Gasteiger partial charge in [-0.15, -0.1) is 0 Å². The average molecular weight is 233 g/mol. The minimum Gasteiger partial charge on any atom is -0.347 e. The molecule has 2 aromatic rings. The Morgan fingerprint density at radius 3 is 3.00 bits per heavy atom. The van der Waals surface area contributed by atoms with Gasteiger partial charge in [-0.2, -0.15) is 11.8 Å². The van der Waals surface area contributed by atoms with E-state index in [1.807, 2.05) is 30.0 Å². The lowest BCUT2D eigenvalue weighted by molar-refractivity contribution is 0.112. The largest absolute Gasteiger partial charge is 0.347 e. The van der Waals surface area contributed by atoms with Gasteiger partial charge in [-0.1, -0.05) is 19.1 Å². The summed E-state index contributed by atoms with van der Waals surface area (Å²) in [5.41, 5.74) is 1.93. The van der Waals surface area contributed by atoms with Crippen molar-refractivity contribution in [2.75, 3.05) is 11.5 Å². The predicted octanol–water partition coefficient (Wildman–Crippen LogP) is 3.21. The Kier molecular flexibility index (Phi) is 3.67. The maximum absolute atomic E-state index is 10.9. The van der Waals surface area contributed by atoms with Crippen LogP contribution in [0.5, 0.6) is 0 Å². The highest BCUT2D eigenvalue weighted by molar-refractivity contribution is 7.99. The number of aromatic nitrogens is 1. The molecule has 0 N–H and O–H groups in total. The number of thioether (sulfide) groups is 1. The third-order valence-electron chi connectivity index (χ3n) is 2.66. The summed E-state index contributed by atoms with van der Waals surface area (Å²) in [6.45, 7) is 3.17. The first kappa shape index (κ1) is 11.3. The van der Waals surface area contributed by atoms with Crippen molar-refractivity contribution in [3.63, 3.8) is 0 Å². The third kappa shape index (κ3) is 2.14. The summed E-state index contributed by atoms with van der Waals surface area (Å²) < 4.78 is 2.21. The van der Waals surface area contributed by atoms with Crippen LogP contribution in [0.2, 0.25) is 0 Å². The number of carbonyl (C=O) groups excluding carboxylic acids is 1. The summed E-state index contributed by atoms with van der Waals surface area (Å²) in [5.74, 6) is 2.27. The van der Waals surface area contributed by atoms with Gasteiger partial charge in [0.1, 0.15) is 0 Å². The molecule has 1 heterocycles. The molecule has 0 saturated carbocycles. The molecule has 0 aliphatic rings. The lowest BCUT2D eigenvalue weighted by Crippen LogP contribution is -1.98. The van der Waals surface area contributed by atoms with E-state index in [1.165, 1.54) is 0 Å². The summed E-state index contributed by atoms with van der Waals surface area (Å²) in [4.78, 5) is 10.9. The van der Waals surface area contributed by atoms with Gasteiger partial charge in [0.25, 0.3) is 0 Å². The topological polar surface area (TPSA) is 22.0 Å². The van der Waals surface area contributed by atoms with E-state index in [0.29, 0.717) is 0 Å². The molecule has 0 amide bonds. The highest BCUT2D eigenvalue weighted by Crippen LogP contribution is 2.19. The van der Waals surface area contributed by atoms with Gasteiger partial charge in [0.15, 0.2) is 6.29 Å².